The van der Waals surface area contributed by atoms with Gasteiger partial charge in [-0.05, 0) is 31.6 Å². The van der Waals surface area contributed by atoms with E-state index in [2.05, 4.69) is 10.2 Å². The molecular weight excluding hydrogens is 271 g/mol. The lowest BCUT2D eigenvalue weighted by Crippen LogP contribution is -2.33. The molecule has 1 aromatic rings. The van der Waals surface area contributed by atoms with Crippen LogP contribution in [0, 0.1) is 6.92 Å². The molecule has 18 heavy (non-hydrogen) atoms. The molecule has 0 aliphatic heterocycles. The summed E-state index contributed by atoms with van der Waals surface area (Å²) in [5.74, 6) is -0.0232. The van der Waals surface area contributed by atoms with Gasteiger partial charge in [-0.3, -0.25) is 9.69 Å². The summed E-state index contributed by atoms with van der Waals surface area (Å²) in [6.45, 7) is 8.14. The number of para-hydroxylation sites is 1. The minimum Gasteiger partial charge on any atom is -0.323 e. The van der Waals surface area contributed by atoms with E-state index in [9.17, 15) is 4.79 Å². The Morgan fingerprint density at radius 3 is 2.44 bits per heavy atom. The summed E-state index contributed by atoms with van der Waals surface area (Å²) >= 11 is 6.05. The lowest BCUT2D eigenvalue weighted by Gasteiger charge is -2.18. The van der Waals surface area contributed by atoms with Crippen LogP contribution in [0.5, 0.6) is 0 Å². The first kappa shape index (κ1) is 17.2. The van der Waals surface area contributed by atoms with Gasteiger partial charge >= 0.3 is 0 Å². The fourth-order valence-corrected chi connectivity index (χ4v) is 1.89. The number of likely N-dealkylation sites (N-methyl/N-ethyl adjacent to an activating group) is 1. The lowest BCUT2D eigenvalue weighted by molar-refractivity contribution is -0.117. The van der Waals surface area contributed by atoms with E-state index >= 15 is 0 Å². The predicted octanol–water partition coefficient (Wildman–Crippen LogP) is 3.35. The van der Waals surface area contributed by atoms with Crippen molar-refractivity contribution in [3.8, 4) is 0 Å². The highest BCUT2D eigenvalue weighted by Crippen LogP contribution is 2.24. The van der Waals surface area contributed by atoms with E-state index in [0.717, 1.165) is 18.7 Å². The van der Waals surface area contributed by atoms with Crippen LogP contribution in [-0.2, 0) is 4.79 Å². The van der Waals surface area contributed by atoms with Crippen LogP contribution in [0.15, 0.2) is 18.2 Å². The number of carbonyl (C=O) groups excluding carboxylic acids is 1. The van der Waals surface area contributed by atoms with Crippen molar-refractivity contribution in [1.82, 2.24) is 4.90 Å². The molecule has 0 unspecified atom stereocenters. The average Bonchev–Trinajstić information content (AvgIpc) is 2.31. The van der Waals surface area contributed by atoms with Gasteiger partial charge in [0.2, 0.25) is 5.91 Å². The summed E-state index contributed by atoms with van der Waals surface area (Å²) in [5.41, 5.74) is 1.69. The Bertz CT molecular complexity index is 372. The van der Waals surface area contributed by atoms with Gasteiger partial charge < -0.3 is 5.32 Å². The summed E-state index contributed by atoms with van der Waals surface area (Å²) in [6.07, 6.45) is 0. The zero-order chi connectivity index (χ0) is 12.8. The zero-order valence-electron chi connectivity index (χ0n) is 11.0. The van der Waals surface area contributed by atoms with Crippen LogP contribution >= 0.6 is 24.0 Å². The van der Waals surface area contributed by atoms with Gasteiger partial charge in [-0.2, -0.15) is 0 Å². The molecule has 0 bridgehead atoms. The van der Waals surface area contributed by atoms with Gasteiger partial charge in [0, 0.05) is 0 Å². The molecule has 1 rings (SSSR count). The van der Waals surface area contributed by atoms with Crippen LogP contribution in [-0.4, -0.2) is 30.4 Å². The SMILES string of the molecule is CCN(CC)CC(=O)Nc1c(C)cccc1Cl.Cl. The summed E-state index contributed by atoms with van der Waals surface area (Å²) in [6, 6.07) is 5.58. The van der Waals surface area contributed by atoms with E-state index in [1.807, 2.05) is 32.9 Å². The largest absolute Gasteiger partial charge is 0.323 e. The maximum atomic E-state index is 11.8. The molecule has 1 amide bonds. The van der Waals surface area contributed by atoms with Crippen molar-refractivity contribution in [3.63, 3.8) is 0 Å². The van der Waals surface area contributed by atoms with Gasteiger partial charge in [-0.15, -0.1) is 12.4 Å². The van der Waals surface area contributed by atoms with E-state index in [1.165, 1.54) is 0 Å². The Hall–Kier alpha value is -0.770. The predicted molar refractivity (Wildman–Crippen MR) is 79.9 cm³/mol. The molecule has 0 aromatic heterocycles. The Kier molecular flexibility index (Phi) is 8.00. The molecule has 1 aromatic carbocycles. The highest BCUT2D eigenvalue weighted by atomic mass is 35.5. The number of halogens is 2. The number of benzene rings is 1. The second-order valence-electron chi connectivity index (χ2n) is 3.94. The molecule has 3 nitrogen and oxygen atoms in total. The van der Waals surface area contributed by atoms with Crippen LogP contribution in [0.4, 0.5) is 5.69 Å². The molecule has 0 aliphatic carbocycles. The first-order chi connectivity index (χ1) is 8.08. The topological polar surface area (TPSA) is 32.3 Å². The molecule has 102 valence electrons. The third-order valence-corrected chi connectivity index (χ3v) is 3.06. The number of hydrogen-bond donors (Lipinski definition) is 1. The Labute approximate surface area is 120 Å². The molecule has 0 saturated heterocycles. The van der Waals surface area contributed by atoms with Gasteiger partial charge in [0.05, 0.1) is 17.3 Å². The molecule has 0 radical (unpaired) electrons. The Morgan fingerprint density at radius 1 is 1.33 bits per heavy atom. The standard InChI is InChI=1S/C13H19ClN2O.ClH/c1-4-16(5-2)9-12(17)15-13-10(3)7-6-8-11(13)14;/h6-8H,4-5,9H2,1-3H3,(H,15,17);1H. The third-order valence-electron chi connectivity index (χ3n) is 2.75. The number of hydrogen-bond acceptors (Lipinski definition) is 2. The molecular formula is C13H20Cl2N2O. The maximum absolute atomic E-state index is 11.8. The van der Waals surface area contributed by atoms with E-state index < -0.39 is 0 Å². The second-order valence-corrected chi connectivity index (χ2v) is 4.35. The van der Waals surface area contributed by atoms with Crippen molar-refractivity contribution < 1.29 is 4.79 Å². The number of amides is 1. The van der Waals surface area contributed by atoms with Gasteiger partial charge in [-0.1, -0.05) is 37.6 Å². The summed E-state index contributed by atoms with van der Waals surface area (Å²) in [4.78, 5) is 13.9. The van der Waals surface area contributed by atoms with Crippen LogP contribution in [0.2, 0.25) is 5.02 Å². The van der Waals surface area contributed by atoms with Gasteiger partial charge in [0.1, 0.15) is 0 Å². The molecule has 0 spiro atoms. The molecule has 0 saturated carbocycles. The van der Waals surface area contributed by atoms with Crippen LogP contribution in [0.1, 0.15) is 19.4 Å². The molecule has 0 fully saturated rings. The number of nitrogens with zero attached hydrogens (tertiary/aromatic N) is 1. The smallest absolute Gasteiger partial charge is 0.238 e. The van der Waals surface area contributed by atoms with Crippen molar-refractivity contribution >= 4 is 35.6 Å². The molecule has 1 N–H and O–H groups in total. The Morgan fingerprint density at radius 2 is 1.94 bits per heavy atom. The normalized spacial score (nSPS) is 10.1. The highest BCUT2D eigenvalue weighted by molar-refractivity contribution is 6.33. The highest BCUT2D eigenvalue weighted by Gasteiger charge is 2.10. The second kappa shape index (κ2) is 8.35. The third kappa shape index (κ3) is 4.84. The maximum Gasteiger partial charge on any atom is 0.238 e. The van der Waals surface area contributed by atoms with Crippen LogP contribution in [0.3, 0.4) is 0 Å². The summed E-state index contributed by atoms with van der Waals surface area (Å²) in [5, 5.41) is 3.45. The fourth-order valence-electron chi connectivity index (χ4n) is 1.62. The molecule has 5 heteroatoms. The van der Waals surface area contributed by atoms with E-state index in [4.69, 9.17) is 11.6 Å². The first-order valence-electron chi connectivity index (χ1n) is 5.85. The molecule has 0 aliphatic rings. The van der Waals surface area contributed by atoms with Crippen molar-refractivity contribution in [3.05, 3.63) is 28.8 Å². The quantitative estimate of drug-likeness (QED) is 0.902. The number of aryl methyl sites for hydroxylation is 1. The van der Waals surface area contributed by atoms with E-state index in [-0.39, 0.29) is 18.3 Å². The summed E-state index contributed by atoms with van der Waals surface area (Å²) in [7, 11) is 0. The Balaban J connectivity index is 0.00000289. The monoisotopic (exact) mass is 290 g/mol. The average molecular weight is 291 g/mol. The summed E-state index contributed by atoms with van der Waals surface area (Å²) < 4.78 is 0. The van der Waals surface area contributed by atoms with Crippen molar-refractivity contribution in [2.45, 2.75) is 20.8 Å². The number of nitrogens with one attached hydrogen (secondary N) is 1. The minimum atomic E-state index is -0.0232. The van der Waals surface area contributed by atoms with Crippen LogP contribution in [0.25, 0.3) is 0 Å². The van der Waals surface area contributed by atoms with E-state index in [1.54, 1.807) is 6.07 Å². The zero-order valence-corrected chi connectivity index (χ0v) is 12.6. The van der Waals surface area contributed by atoms with Crippen LogP contribution < -0.4 is 5.32 Å². The van der Waals surface area contributed by atoms with Gasteiger partial charge in [0.15, 0.2) is 0 Å². The van der Waals surface area contributed by atoms with Crippen molar-refractivity contribution in [2.75, 3.05) is 25.0 Å². The van der Waals surface area contributed by atoms with Gasteiger partial charge in [-0.25, -0.2) is 0 Å². The number of carbonyl (C=O) groups is 1. The van der Waals surface area contributed by atoms with Crippen molar-refractivity contribution in [2.24, 2.45) is 0 Å². The number of anilines is 1. The fraction of sp³-hybridized carbons (Fsp3) is 0.462. The lowest BCUT2D eigenvalue weighted by atomic mass is 10.2. The molecule has 0 heterocycles. The van der Waals surface area contributed by atoms with Gasteiger partial charge in [0.25, 0.3) is 0 Å². The first-order valence-corrected chi connectivity index (χ1v) is 6.23. The van der Waals surface area contributed by atoms with Crippen molar-refractivity contribution in [1.29, 1.82) is 0 Å². The van der Waals surface area contributed by atoms with E-state index in [0.29, 0.717) is 17.3 Å². The molecule has 0 atom stereocenters. The minimum absolute atomic E-state index is 0. The number of rotatable bonds is 5.